The molecule has 1 aliphatic rings. The molecule has 0 aromatic carbocycles. The van der Waals surface area contributed by atoms with Gasteiger partial charge in [0.25, 0.3) is 0 Å². The van der Waals surface area contributed by atoms with Gasteiger partial charge in [-0.25, -0.2) is 0 Å². The van der Waals surface area contributed by atoms with E-state index in [1.165, 1.54) is 6.08 Å². The summed E-state index contributed by atoms with van der Waals surface area (Å²) >= 11 is 5.47. The van der Waals surface area contributed by atoms with Crippen molar-refractivity contribution < 1.29 is 9.59 Å². The van der Waals surface area contributed by atoms with Crippen LogP contribution in [0.2, 0.25) is 0 Å². The molecule has 1 aliphatic carbocycles. The summed E-state index contributed by atoms with van der Waals surface area (Å²) in [6.07, 6.45) is 4.60. The second-order valence-corrected chi connectivity index (χ2v) is 3.02. The molecule has 0 bridgehead atoms. The lowest BCUT2D eigenvalue weighted by molar-refractivity contribution is -0.132. The van der Waals surface area contributed by atoms with Gasteiger partial charge in [-0.2, -0.15) is 0 Å². The topological polar surface area (TPSA) is 34.1 Å². The van der Waals surface area contributed by atoms with Crippen molar-refractivity contribution in [2.24, 2.45) is 0 Å². The molecule has 0 radical (unpaired) electrons. The maximum absolute atomic E-state index is 11.2. The van der Waals surface area contributed by atoms with Crippen LogP contribution in [-0.4, -0.2) is 11.6 Å². The zero-order chi connectivity index (χ0) is 9.14. The van der Waals surface area contributed by atoms with Crippen LogP contribution in [0.15, 0.2) is 22.8 Å². The van der Waals surface area contributed by atoms with Crippen LogP contribution >= 0.6 is 11.6 Å². The molecule has 0 saturated heterocycles. The maximum atomic E-state index is 11.2. The Balaban J connectivity index is 2.90. The normalized spacial score (nSPS) is 17.5. The van der Waals surface area contributed by atoms with Crippen molar-refractivity contribution in [3.63, 3.8) is 0 Å². The third-order valence-electron chi connectivity index (χ3n) is 1.66. The summed E-state index contributed by atoms with van der Waals surface area (Å²) in [7, 11) is 0. The second kappa shape index (κ2) is 3.68. The average molecular weight is 185 g/mol. The molecule has 12 heavy (non-hydrogen) atoms. The molecule has 3 heteroatoms. The predicted octanol–water partition coefficient (Wildman–Crippen LogP) is 1.99. The number of ketones is 2. The number of Topliss-reactive ketones (excluding diaryl/α,β-unsaturated/α-hetero) is 2. The van der Waals surface area contributed by atoms with E-state index in [1.54, 1.807) is 6.08 Å². The van der Waals surface area contributed by atoms with Crippen molar-refractivity contribution in [2.75, 3.05) is 0 Å². The van der Waals surface area contributed by atoms with Crippen LogP contribution in [0.5, 0.6) is 0 Å². The first-order valence-electron chi connectivity index (χ1n) is 3.82. The summed E-state index contributed by atoms with van der Waals surface area (Å²) in [5, 5.41) is 0.0138. The van der Waals surface area contributed by atoms with E-state index in [0.29, 0.717) is 12.0 Å². The summed E-state index contributed by atoms with van der Waals surface area (Å²) in [5.41, 5.74) is 0.562. The third-order valence-corrected chi connectivity index (χ3v) is 1.96. The van der Waals surface area contributed by atoms with Gasteiger partial charge >= 0.3 is 0 Å². The van der Waals surface area contributed by atoms with Crippen molar-refractivity contribution in [3.05, 3.63) is 22.8 Å². The van der Waals surface area contributed by atoms with Gasteiger partial charge < -0.3 is 0 Å². The summed E-state index contributed by atoms with van der Waals surface area (Å²) in [4.78, 5) is 22.2. The van der Waals surface area contributed by atoms with E-state index in [9.17, 15) is 9.59 Å². The van der Waals surface area contributed by atoms with Gasteiger partial charge in [-0.3, -0.25) is 9.59 Å². The molecule has 0 amide bonds. The number of hydrogen-bond donors (Lipinski definition) is 0. The molecular weight excluding hydrogens is 176 g/mol. The van der Waals surface area contributed by atoms with Gasteiger partial charge in [-0.05, 0) is 12.5 Å². The van der Waals surface area contributed by atoms with Crippen LogP contribution in [0, 0.1) is 0 Å². The van der Waals surface area contributed by atoms with Gasteiger partial charge in [-0.15, -0.1) is 0 Å². The highest BCUT2D eigenvalue weighted by atomic mass is 35.5. The predicted molar refractivity (Wildman–Crippen MR) is 46.9 cm³/mol. The Bertz CT molecular complexity index is 287. The number of hydrogen-bond acceptors (Lipinski definition) is 2. The van der Waals surface area contributed by atoms with Crippen molar-refractivity contribution in [1.29, 1.82) is 0 Å². The highest BCUT2D eigenvalue weighted by molar-refractivity contribution is 6.61. The summed E-state index contributed by atoms with van der Waals surface area (Å²) in [6, 6.07) is 0. The minimum atomic E-state index is -0.581. The molecule has 1 rings (SSSR count). The fraction of sp³-hybridized carbons (Fsp3) is 0.333. The fourth-order valence-corrected chi connectivity index (χ4v) is 1.19. The SMILES string of the molecule is CCCC1=CC=C(Cl)C(=O)C1=O. The standard InChI is InChI=1S/C9H9ClO2/c1-2-3-6-4-5-7(10)9(12)8(6)11/h4-5H,2-3H2,1H3. The minimum Gasteiger partial charge on any atom is -0.285 e. The van der Waals surface area contributed by atoms with Crippen LogP contribution in [0.3, 0.4) is 0 Å². The Hall–Kier alpha value is -0.890. The van der Waals surface area contributed by atoms with Gasteiger partial charge in [0.15, 0.2) is 0 Å². The molecular formula is C9H9ClO2. The fourth-order valence-electron chi connectivity index (χ4n) is 1.05. The molecule has 0 unspecified atom stereocenters. The lowest BCUT2D eigenvalue weighted by Gasteiger charge is -2.06. The Morgan fingerprint density at radius 1 is 1.25 bits per heavy atom. The first-order valence-corrected chi connectivity index (χ1v) is 4.20. The number of halogens is 1. The van der Waals surface area contributed by atoms with E-state index >= 15 is 0 Å². The lowest BCUT2D eigenvalue weighted by Crippen LogP contribution is -2.19. The van der Waals surface area contributed by atoms with E-state index in [1.807, 2.05) is 6.92 Å². The third kappa shape index (κ3) is 1.64. The van der Waals surface area contributed by atoms with Gasteiger partial charge in [0.05, 0.1) is 5.03 Å². The minimum absolute atomic E-state index is 0.0138. The van der Waals surface area contributed by atoms with Crippen molar-refractivity contribution in [1.82, 2.24) is 0 Å². The summed E-state index contributed by atoms with van der Waals surface area (Å²) in [6.45, 7) is 1.96. The molecule has 0 saturated carbocycles. The molecule has 0 aromatic heterocycles. The highest BCUT2D eigenvalue weighted by Crippen LogP contribution is 2.17. The maximum Gasteiger partial charge on any atom is 0.244 e. The second-order valence-electron chi connectivity index (χ2n) is 2.61. The van der Waals surface area contributed by atoms with Crippen LogP contribution in [0.1, 0.15) is 19.8 Å². The van der Waals surface area contributed by atoms with Crippen LogP contribution in [0.4, 0.5) is 0 Å². The molecule has 0 aromatic rings. The number of rotatable bonds is 2. The summed E-state index contributed by atoms with van der Waals surface area (Å²) < 4.78 is 0. The average Bonchev–Trinajstić information content (AvgIpc) is 2.07. The Morgan fingerprint density at radius 2 is 1.92 bits per heavy atom. The van der Waals surface area contributed by atoms with Gasteiger partial charge in [0.2, 0.25) is 11.6 Å². The molecule has 0 atom stereocenters. The molecule has 0 spiro atoms. The van der Waals surface area contributed by atoms with E-state index in [4.69, 9.17) is 11.6 Å². The number of allylic oxidation sites excluding steroid dienone is 4. The van der Waals surface area contributed by atoms with Gasteiger partial charge in [-0.1, -0.05) is 31.0 Å². The number of carbonyl (C=O) groups is 2. The molecule has 0 N–H and O–H groups in total. The first-order chi connectivity index (χ1) is 5.66. The van der Waals surface area contributed by atoms with E-state index in [0.717, 1.165) is 6.42 Å². The Kier molecular flexibility index (Phi) is 2.82. The quantitative estimate of drug-likeness (QED) is 0.486. The van der Waals surface area contributed by atoms with E-state index in [2.05, 4.69) is 0 Å². The van der Waals surface area contributed by atoms with E-state index < -0.39 is 11.6 Å². The van der Waals surface area contributed by atoms with Crippen LogP contribution in [-0.2, 0) is 9.59 Å². The summed E-state index contributed by atoms with van der Waals surface area (Å²) in [5.74, 6) is -1.04. The molecule has 0 aliphatic heterocycles. The van der Waals surface area contributed by atoms with E-state index in [-0.39, 0.29) is 5.03 Å². The highest BCUT2D eigenvalue weighted by Gasteiger charge is 2.23. The van der Waals surface area contributed by atoms with Crippen molar-refractivity contribution in [2.45, 2.75) is 19.8 Å². The zero-order valence-electron chi connectivity index (χ0n) is 6.76. The zero-order valence-corrected chi connectivity index (χ0v) is 7.52. The van der Waals surface area contributed by atoms with Crippen LogP contribution in [0.25, 0.3) is 0 Å². The molecule has 0 fully saturated rings. The van der Waals surface area contributed by atoms with Crippen molar-refractivity contribution >= 4 is 23.2 Å². The monoisotopic (exact) mass is 184 g/mol. The smallest absolute Gasteiger partial charge is 0.244 e. The largest absolute Gasteiger partial charge is 0.285 e. The Labute approximate surface area is 75.9 Å². The first kappa shape index (κ1) is 9.20. The molecule has 2 nitrogen and oxygen atoms in total. The van der Waals surface area contributed by atoms with Crippen LogP contribution < -0.4 is 0 Å². The lowest BCUT2D eigenvalue weighted by atomic mass is 9.98. The van der Waals surface area contributed by atoms with Crippen molar-refractivity contribution in [3.8, 4) is 0 Å². The molecule has 0 heterocycles. The van der Waals surface area contributed by atoms with Gasteiger partial charge in [0.1, 0.15) is 0 Å². The Morgan fingerprint density at radius 3 is 2.50 bits per heavy atom. The number of carbonyl (C=O) groups excluding carboxylic acids is 2. The molecule has 64 valence electrons. The van der Waals surface area contributed by atoms with Gasteiger partial charge in [0, 0.05) is 5.57 Å².